The first-order valence-electron chi connectivity index (χ1n) is 10.9. The SMILES string of the molecule is CN(C)CCOC(=O)c1ccc(-c2ccc(Cl)cc2Cl)cc1NC(=O)c1cc(C(=O)O)c(O)cc1C(=O)O. The van der Waals surface area contributed by atoms with E-state index in [0.717, 1.165) is 6.07 Å². The second-order valence-electron chi connectivity index (χ2n) is 8.30. The van der Waals surface area contributed by atoms with Gasteiger partial charge in [-0.3, -0.25) is 4.79 Å². The minimum atomic E-state index is -1.58. The van der Waals surface area contributed by atoms with Crippen molar-refractivity contribution in [3.63, 3.8) is 0 Å². The predicted molar refractivity (Wildman–Crippen MR) is 141 cm³/mol. The average molecular weight is 561 g/mol. The van der Waals surface area contributed by atoms with Gasteiger partial charge in [-0.25, -0.2) is 14.4 Å². The fraction of sp³-hybridized carbons (Fsp3) is 0.154. The van der Waals surface area contributed by atoms with Crippen LogP contribution in [0.2, 0.25) is 10.0 Å². The fourth-order valence-corrected chi connectivity index (χ4v) is 3.95. The monoisotopic (exact) mass is 560 g/mol. The molecule has 10 nitrogen and oxygen atoms in total. The van der Waals surface area contributed by atoms with Crippen LogP contribution in [0, 0.1) is 0 Å². The summed E-state index contributed by atoms with van der Waals surface area (Å²) in [5.74, 6) is -5.76. The Balaban J connectivity index is 2.09. The Morgan fingerprint density at radius 3 is 2.16 bits per heavy atom. The highest BCUT2D eigenvalue weighted by molar-refractivity contribution is 6.36. The Bertz CT molecular complexity index is 1440. The van der Waals surface area contributed by atoms with Gasteiger partial charge in [-0.05, 0) is 56.1 Å². The number of aromatic hydroxyl groups is 1. The van der Waals surface area contributed by atoms with Crippen LogP contribution in [0.1, 0.15) is 41.4 Å². The van der Waals surface area contributed by atoms with Crippen LogP contribution in [0.4, 0.5) is 5.69 Å². The van der Waals surface area contributed by atoms with Crippen LogP contribution < -0.4 is 5.32 Å². The molecule has 3 rings (SSSR count). The fourth-order valence-electron chi connectivity index (χ4n) is 3.43. The van der Waals surface area contributed by atoms with Gasteiger partial charge in [0.15, 0.2) is 0 Å². The number of anilines is 1. The van der Waals surface area contributed by atoms with E-state index in [1.165, 1.54) is 18.2 Å². The van der Waals surface area contributed by atoms with Crippen LogP contribution in [0.25, 0.3) is 11.1 Å². The van der Waals surface area contributed by atoms with E-state index < -0.39 is 46.3 Å². The third-order valence-corrected chi connectivity index (χ3v) is 5.89. The zero-order valence-corrected chi connectivity index (χ0v) is 21.6. The quantitative estimate of drug-likeness (QED) is 0.272. The average Bonchev–Trinajstić information content (AvgIpc) is 2.83. The molecule has 0 saturated heterocycles. The van der Waals surface area contributed by atoms with Crippen LogP contribution in [0.5, 0.6) is 5.75 Å². The summed E-state index contributed by atoms with van der Waals surface area (Å²) in [4.78, 5) is 51.0. The lowest BCUT2D eigenvalue weighted by molar-refractivity contribution is 0.0482. The third kappa shape index (κ3) is 6.60. The molecule has 0 aliphatic carbocycles. The molecule has 1 amide bonds. The molecule has 3 aromatic rings. The van der Waals surface area contributed by atoms with Gasteiger partial charge in [-0.15, -0.1) is 0 Å². The number of nitrogens with zero attached hydrogens (tertiary/aromatic N) is 1. The summed E-state index contributed by atoms with van der Waals surface area (Å²) in [6.45, 7) is 0.506. The number of hydrogen-bond donors (Lipinski definition) is 4. The van der Waals surface area contributed by atoms with Crippen LogP contribution in [0.15, 0.2) is 48.5 Å². The first kappa shape index (κ1) is 28.5. The van der Waals surface area contributed by atoms with Crippen molar-refractivity contribution < 1.29 is 39.2 Å². The molecule has 0 spiro atoms. The first-order chi connectivity index (χ1) is 17.9. The highest BCUT2D eigenvalue weighted by atomic mass is 35.5. The van der Waals surface area contributed by atoms with E-state index in [1.807, 2.05) is 0 Å². The number of nitrogens with one attached hydrogen (secondary N) is 1. The lowest BCUT2D eigenvalue weighted by Crippen LogP contribution is -2.22. The van der Waals surface area contributed by atoms with Gasteiger partial charge < -0.3 is 30.3 Å². The van der Waals surface area contributed by atoms with E-state index in [1.54, 1.807) is 37.2 Å². The number of ether oxygens (including phenoxy) is 1. The number of likely N-dealkylation sites (N-methyl/N-ethyl adjacent to an activating group) is 1. The second-order valence-corrected chi connectivity index (χ2v) is 9.15. The number of carboxylic acids is 2. The maximum absolute atomic E-state index is 13.2. The standard InChI is InChI=1S/C26H22Cl2N2O8/c1-30(2)7-8-38-26(37)16-5-3-13(15-6-4-14(27)10-20(15)28)9-21(16)29-23(32)17-11-19(25(35)36)22(31)12-18(17)24(33)34/h3-6,9-12,31H,7-8H2,1-2H3,(H,29,32)(H,33,34)(H,35,36). The molecule has 0 aromatic heterocycles. The largest absolute Gasteiger partial charge is 0.507 e. The summed E-state index contributed by atoms with van der Waals surface area (Å²) in [5.41, 5.74) is -0.934. The maximum atomic E-state index is 13.2. The maximum Gasteiger partial charge on any atom is 0.340 e. The van der Waals surface area contributed by atoms with E-state index in [-0.39, 0.29) is 17.9 Å². The number of phenols is 1. The molecule has 0 radical (unpaired) electrons. The molecular weight excluding hydrogens is 539 g/mol. The van der Waals surface area contributed by atoms with Crippen molar-refractivity contribution in [2.75, 3.05) is 32.6 Å². The van der Waals surface area contributed by atoms with E-state index in [4.69, 9.17) is 27.9 Å². The molecule has 0 unspecified atom stereocenters. The molecule has 0 saturated carbocycles. The Morgan fingerprint density at radius 2 is 1.55 bits per heavy atom. The molecule has 0 fully saturated rings. The van der Waals surface area contributed by atoms with E-state index >= 15 is 0 Å². The number of carbonyl (C=O) groups excluding carboxylic acids is 2. The van der Waals surface area contributed by atoms with Gasteiger partial charge >= 0.3 is 17.9 Å². The minimum Gasteiger partial charge on any atom is -0.507 e. The first-order valence-corrected chi connectivity index (χ1v) is 11.7. The predicted octanol–water partition coefficient (Wildman–Crippen LogP) is 4.73. The van der Waals surface area contributed by atoms with E-state index in [9.17, 15) is 34.5 Å². The number of amides is 1. The highest BCUT2D eigenvalue weighted by Crippen LogP contribution is 2.33. The van der Waals surface area contributed by atoms with Gasteiger partial charge in [0.05, 0.1) is 22.4 Å². The van der Waals surface area contributed by atoms with E-state index in [0.29, 0.717) is 33.8 Å². The third-order valence-electron chi connectivity index (χ3n) is 5.34. The zero-order valence-electron chi connectivity index (χ0n) is 20.1. The van der Waals surface area contributed by atoms with Crippen LogP contribution in [0.3, 0.4) is 0 Å². The van der Waals surface area contributed by atoms with Gasteiger partial charge in [0.25, 0.3) is 5.91 Å². The second kappa shape index (κ2) is 12.0. The number of halogens is 2. The molecule has 0 aliphatic heterocycles. The zero-order chi connectivity index (χ0) is 28.1. The Morgan fingerprint density at radius 1 is 0.868 bits per heavy atom. The topological polar surface area (TPSA) is 153 Å². The molecule has 4 N–H and O–H groups in total. The van der Waals surface area contributed by atoms with Crippen LogP contribution in [-0.4, -0.2) is 71.3 Å². The smallest absolute Gasteiger partial charge is 0.340 e. The number of aromatic carboxylic acids is 2. The molecule has 0 heterocycles. The molecule has 3 aromatic carbocycles. The number of rotatable bonds is 9. The van der Waals surface area contributed by atoms with Crippen LogP contribution >= 0.6 is 23.2 Å². The molecule has 0 aliphatic rings. The summed E-state index contributed by atoms with van der Waals surface area (Å²) in [7, 11) is 3.60. The number of esters is 1. The summed E-state index contributed by atoms with van der Waals surface area (Å²) < 4.78 is 5.30. The Hall–Kier alpha value is -4.12. The summed E-state index contributed by atoms with van der Waals surface area (Å²) in [6, 6.07) is 10.6. The van der Waals surface area contributed by atoms with Crippen molar-refractivity contribution in [1.82, 2.24) is 4.90 Å². The molecule has 12 heteroatoms. The highest BCUT2D eigenvalue weighted by Gasteiger charge is 2.24. The summed E-state index contributed by atoms with van der Waals surface area (Å²) in [5, 5.41) is 31.9. The Labute approximate surface area is 227 Å². The van der Waals surface area contributed by atoms with Crippen molar-refractivity contribution in [3.05, 3.63) is 80.8 Å². The van der Waals surface area contributed by atoms with Crippen LogP contribution in [-0.2, 0) is 4.74 Å². The van der Waals surface area contributed by atoms with E-state index in [2.05, 4.69) is 5.32 Å². The van der Waals surface area contributed by atoms with Gasteiger partial charge in [0.1, 0.15) is 17.9 Å². The lowest BCUT2D eigenvalue weighted by Gasteiger charge is -2.16. The molecule has 38 heavy (non-hydrogen) atoms. The minimum absolute atomic E-state index is 0.0416. The number of carbonyl (C=O) groups is 4. The molecular formula is C26H22Cl2N2O8. The van der Waals surface area contributed by atoms with Crippen molar-refractivity contribution in [1.29, 1.82) is 0 Å². The normalized spacial score (nSPS) is 10.8. The van der Waals surface area contributed by atoms with Crippen molar-refractivity contribution >= 4 is 52.7 Å². The lowest BCUT2D eigenvalue weighted by atomic mass is 10.00. The number of benzene rings is 3. The molecule has 0 atom stereocenters. The van der Waals surface area contributed by atoms with Gasteiger partial charge in [0.2, 0.25) is 0 Å². The van der Waals surface area contributed by atoms with Crippen molar-refractivity contribution in [3.8, 4) is 16.9 Å². The summed E-state index contributed by atoms with van der Waals surface area (Å²) >= 11 is 12.3. The van der Waals surface area contributed by atoms with Gasteiger partial charge in [-0.2, -0.15) is 0 Å². The van der Waals surface area contributed by atoms with Gasteiger partial charge in [-0.1, -0.05) is 35.3 Å². The summed E-state index contributed by atoms with van der Waals surface area (Å²) in [6.07, 6.45) is 0. The van der Waals surface area contributed by atoms with Crippen molar-refractivity contribution in [2.45, 2.75) is 0 Å². The van der Waals surface area contributed by atoms with Crippen molar-refractivity contribution in [2.24, 2.45) is 0 Å². The number of carboxylic acid groups (broad SMARTS) is 2. The molecule has 198 valence electrons. The Kier molecular flexibility index (Phi) is 8.95. The van der Waals surface area contributed by atoms with Gasteiger partial charge in [0, 0.05) is 22.2 Å². The molecule has 0 bridgehead atoms. The number of hydrogen-bond acceptors (Lipinski definition) is 7.